The van der Waals surface area contributed by atoms with Crippen molar-refractivity contribution < 1.29 is 0 Å². The Morgan fingerprint density at radius 1 is 1.40 bits per heavy atom. The summed E-state index contributed by atoms with van der Waals surface area (Å²) >= 11 is 0. The van der Waals surface area contributed by atoms with Crippen LogP contribution in [0.2, 0.25) is 0 Å². The van der Waals surface area contributed by atoms with Crippen LogP contribution in [0.1, 0.15) is 18.2 Å². The third kappa shape index (κ3) is 1.92. The maximum absolute atomic E-state index is 5.61. The van der Waals surface area contributed by atoms with Gasteiger partial charge in [-0.05, 0) is 18.1 Å². The van der Waals surface area contributed by atoms with Crippen molar-refractivity contribution in [3.05, 3.63) is 41.9 Å². The highest BCUT2D eigenvalue weighted by Gasteiger charge is 2.06. The molecule has 0 aliphatic heterocycles. The molecule has 0 spiro atoms. The molecule has 0 saturated carbocycles. The third-order valence-electron chi connectivity index (χ3n) is 2.51. The van der Waals surface area contributed by atoms with Crippen molar-refractivity contribution in [3.63, 3.8) is 0 Å². The highest BCUT2D eigenvalue weighted by molar-refractivity contribution is 5.62. The van der Waals surface area contributed by atoms with Crippen LogP contribution in [0.15, 0.2) is 30.6 Å². The molecule has 1 aromatic carbocycles. The standard InChI is InChI=1S/C12H15N3/c1-2-11-12(15-8-14-11)10-5-3-4-9(6-10)7-13/h3-6,8H,2,7,13H2,1H3,(H,14,15). The lowest BCUT2D eigenvalue weighted by molar-refractivity contribution is 1.06. The van der Waals surface area contributed by atoms with Crippen LogP contribution in [0.4, 0.5) is 0 Å². The third-order valence-corrected chi connectivity index (χ3v) is 2.51. The second kappa shape index (κ2) is 4.28. The van der Waals surface area contributed by atoms with Crippen molar-refractivity contribution in [3.8, 4) is 11.3 Å². The number of nitrogens with one attached hydrogen (secondary N) is 1. The summed E-state index contributed by atoms with van der Waals surface area (Å²) in [4.78, 5) is 7.49. The van der Waals surface area contributed by atoms with Gasteiger partial charge in [0.1, 0.15) is 0 Å². The van der Waals surface area contributed by atoms with Crippen molar-refractivity contribution >= 4 is 0 Å². The molecule has 0 atom stereocenters. The number of nitrogens with zero attached hydrogens (tertiary/aromatic N) is 1. The summed E-state index contributed by atoms with van der Waals surface area (Å²) in [5.41, 5.74) is 10.1. The van der Waals surface area contributed by atoms with Gasteiger partial charge >= 0.3 is 0 Å². The first-order valence-electron chi connectivity index (χ1n) is 5.16. The molecule has 0 radical (unpaired) electrons. The molecule has 1 heterocycles. The lowest BCUT2D eigenvalue weighted by Crippen LogP contribution is -1.96. The Hall–Kier alpha value is -1.61. The van der Waals surface area contributed by atoms with Gasteiger partial charge in [-0.2, -0.15) is 0 Å². The van der Waals surface area contributed by atoms with E-state index in [9.17, 15) is 0 Å². The minimum Gasteiger partial charge on any atom is -0.348 e. The molecule has 3 heteroatoms. The molecular formula is C12H15N3. The molecule has 2 rings (SSSR count). The summed E-state index contributed by atoms with van der Waals surface area (Å²) in [6, 6.07) is 8.21. The first-order chi connectivity index (χ1) is 7.35. The van der Waals surface area contributed by atoms with E-state index in [0.717, 1.165) is 23.2 Å². The SMILES string of the molecule is CCc1[nH]cnc1-c1cccc(CN)c1. The minimum atomic E-state index is 0.569. The molecule has 0 amide bonds. The molecule has 3 nitrogen and oxygen atoms in total. The van der Waals surface area contributed by atoms with Gasteiger partial charge in [-0.25, -0.2) is 4.98 Å². The maximum atomic E-state index is 5.61. The van der Waals surface area contributed by atoms with Crippen LogP contribution in [0, 0.1) is 0 Å². The summed E-state index contributed by atoms with van der Waals surface area (Å²) in [6.07, 6.45) is 2.70. The summed E-state index contributed by atoms with van der Waals surface area (Å²) in [5.74, 6) is 0. The number of aryl methyl sites for hydroxylation is 1. The molecular weight excluding hydrogens is 186 g/mol. The zero-order valence-corrected chi connectivity index (χ0v) is 8.83. The zero-order chi connectivity index (χ0) is 10.7. The van der Waals surface area contributed by atoms with E-state index < -0.39 is 0 Å². The number of benzene rings is 1. The molecule has 0 aliphatic rings. The maximum Gasteiger partial charge on any atom is 0.0929 e. The van der Waals surface area contributed by atoms with Crippen LogP contribution in [0.5, 0.6) is 0 Å². The smallest absolute Gasteiger partial charge is 0.0929 e. The first-order valence-corrected chi connectivity index (χ1v) is 5.16. The topological polar surface area (TPSA) is 54.7 Å². The van der Waals surface area contributed by atoms with Gasteiger partial charge in [-0.3, -0.25) is 0 Å². The second-order valence-electron chi connectivity index (χ2n) is 3.49. The number of imidazole rings is 1. The zero-order valence-electron chi connectivity index (χ0n) is 8.83. The predicted octanol–water partition coefficient (Wildman–Crippen LogP) is 2.10. The lowest BCUT2D eigenvalue weighted by atomic mass is 10.1. The Morgan fingerprint density at radius 3 is 3.00 bits per heavy atom. The fraction of sp³-hybridized carbons (Fsp3) is 0.250. The number of aromatic nitrogens is 2. The molecule has 0 fully saturated rings. The normalized spacial score (nSPS) is 10.5. The van der Waals surface area contributed by atoms with Crippen molar-refractivity contribution in [2.75, 3.05) is 0 Å². The molecule has 78 valence electrons. The molecule has 3 N–H and O–H groups in total. The van der Waals surface area contributed by atoms with Gasteiger partial charge < -0.3 is 10.7 Å². The first kappa shape index (κ1) is 9.93. The molecule has 0 aliphatic carbocycles. The summed E-state index contributed by atoms with van der Waals surface area (Å²) in [6.45, 7) is 2.68. The van der Waals surface area contributed by atoms with Crippen LogP contribution >= 0.6 is 0 Å². The van der Waals surface area contributed by atoms with Gasteiger partial charge in [0.15, 0.2) is 0 Å². The minimum absolute atomic E-state index is 0.569. The monoisotopic (exact) mass is 201 g/mol. The Bertz CT molecular complexity index is 446. The van der Waals surface area contributed by atoms with E-state index in [1.54, 1.807) is 6.33 Å². The number of H-pyrrole nitrogens is 1. The summed E-state index contributed by atoms with van der Waals surface area (Å²) in [5, 5.41) is 0. The Balaban J connectivity index is 2.44. The Morgan fingerprint density at radius 2 is 2.27 bits per heavy atom. The fourth-order valence-corrected chi connectivity index (χ4v) is 1.68. The largest absolute Gasteiger partial charge is 0.348 e. The number of rotatable bonds is 3. The van der Waals surface area contributed by atoms with Gasteiger partial charge in [0.2, 0.25) is 0 Å². The molecule has 0 saturated heterocycles. The number of nitrogens with two attached hydrogens (primary N) is 1. The van der Waals surface area contributed by atoms with Gasteiger partial charge in [0.05, 0.1) is 12.0 Å². The average Bonchev–Trinajstić information content (AvgIpc) is 2.77. The van der Waals surface area contributed by atoms with E-state index in [0.29, 0.717) is 6.54 Å². The molecule has 0 unspecified atom stereocenters. The highest BCUT2D eigenvalue weighted by Crippen LogP contribution is 2.21. The summed E-state index contributed by atoms with van der Waals surface area (Å²) in [7, 11) is 0. The lowest BCUT2D eigenvalue weighted by Gasteiger charge is -2.02. The van der Waals surface area contributed by atoms with Gasteiger partial charge in [0.25, 0.3) is 0 Å². The van der Waals surface area contributed by atoms with E-state index in [-0.39, 0.29) is 0 Å². The van der Waals surface area contributed by atoms with Crippen LogP contribution in [0.25, 0.3) is 11.3 Å². The van der Waals surface area contributed by atoms with Gasteiger partial charge in [-0.15, -0.1) is 0 Å². The van der Waals surface area contributed by atoms with Gasteiger partial charge in [0, 0.05) is 17.8 Å². The van der Waals surface area contributed by atoms with Crippen molar-refractivity contribution in [1.82, 2.24) is 9.97 Å². The van der Waals surface area contributed by atoms with E-state index in [4.69, 9.17) is 5.73 Å². The number of hydrogen-bond donors (Lipinski definition) is 2. The average molecular weight is 201 g/mol. The van der Waals surface area contributed by atoms with Crippen LogP contribution < -0.4 is 5.73 Å². The number of aromatic amines is 1. The fourth-order valence-electron chi connectivity index (χ4n) is 1.68. The molecule has 1 aromatic heterocycles. The van der Waals surface area contributed by atoms with Crippen molar-refractivity contribution in [1.29, 1.82) is 0 Å². The predicted molar refractivity (Wildman–Crippen MR) is 61.3 cm³/mol. The number of hydrogen-bond acceptors (Lipinski definition) is 2. The highest BCUT2D eigenvalue weighted by atomic mass is 14.9. The van der Waals surface area contributed by atoms with Crippen LogP contribution in [-0.4, -0.2) is 9.97 Å². The molecule has 2 aromatic rings. The van der Waals surface area contributed by atoms with E-state index in [1.165, 1.54) is 5.69 Å². The second-order valence-corrected chi connectivity index (χ2v) is 3.49. The van der Waals surface area contributed by atoms with Crippen LogP contribution in [-0.2, 0) is 13.0 Å². The summed E-state index contributed by atoms with van der Waals surface area (Å²) < 4.78 is 0. The molecule has 0 bridgehead atoms. The van der Waals surface area contributed by atoms with E-state index in [2.05, 4.69) is 29.0 Å². The Kier molecular flexibility index (Phi) is 2.83. The Labute approximate surface area is 89.4 Å². The van der Waals surface area contributed by atoms with Crippen molar-refractivity contribution in [2.24, 2.45) is 5.73 Å². The van der Waals surface area contributed by atoms with Crippen LogP contribution in [0.3, 0.4) is 0 Å². The van der Waals surface area contributed by atoms with E-state index in [1.807, 2.05) is 12.1 Å². The quantitative estimate of drug-likeness (QED) is 0.799. The van der Waals surface area contributed by atoms with Crippen molar-refractivity contribution in [2.45, 2.75) is 19.9 Å². The van der Waals surface area contributed by atoms with E-state index >= 15 is 0 Å². The molecule has 15 heavy (non-hydrogen) atoms. The van der Waals surface area contributed by atoms with Gasteiger partial charge in [-0.1, -0.05) is 25.1 Å².